The molecule has 4 rings (SSSR count). The molecular weight excluding hydrogens is 238 g/mol. The molecule has 19 heavy (non-hydrogen) atoms. The fraction of sp³-hybridized carbons (Fsp3) is 0.938. The second-order valence-corrected chi connectivity index (χ2v) is 7.72. The first-order chi connectivity index (χ1) is 8.98. The summed E-state index contributed by atoms with van der Waals surface area (Å²) in [7, 11) is 0. The molecule has 0 saturated heterocycles. The first-order valence-corrected chi connectivity index (χ1v) is 7.95. The Labute approximate surface area is 116 Å². The first-order valence-electron chi connectivity index (χ1n) is 7.95. The minimum Gasteiger partial charge on any atom is -0.391 e. The van der Waals surface area contributed by atoms with Crippen molar-refractivity contribution in [2.45, 2.75) is 58.5 Å². The lowest BCUT2D eigenvalue weighted by Crippen LogP contribution is -2.54. The van der Waals surface area contributed by atoms with Gasteiger partial charge in [-0.05, 0) is 62.2 Å². The van der Waals surface area contributed by atoms with Gasteiger partial charge in [0.05, 0.1) is 6.10 Å². The number of amides is 1. The normalized spacial score (nSPS) is 41.6. The maximum Gasteiger partial charge on any atom is 0.226 e. The van der Waals surface area contributed by atoms with Gasteiger partial charge in [-0.25, -0.2) is 0 Å². The van der Waals surface area contributed by atoms with Crippen LogP contribution < -0.4 is 5.32 Å². The van der Waals surface area contributed by atoms with Crippen molar-refractivity contribution in [1.29, 1.82) is 0 Å². The molecule has 0 spiro atoms. The molecule has 4 bridgehead atoms. The molecule has 3 heteroatoms. The second kappa shape index (κ2) is 4.76. The summed E-state index contributed by atoms with van der Waals surface area (Å²) in [6, 6.07) is 0. The van der Waals surface area contributed by atoms with Crippen molar-refractivity contribution < 1.29 is 9.90 Å². The van der Waals surface area contributed by atoms with Crippen LogP contribution >= 0.6 is 0 Å². The maximum atomic E-state index is 12.6. The van der Waals surface area contributed by atoms with Crippen LogP contribution in [0.3, 0.4) is 0 Å². The summed E-state index contributed by atoms with van der Waals surface area (Å²) in [5, 5.41) is 12.9. The van der Waals surface area contributed by atoms with Gasteiger partial charge in [0.2, 0.25) is 5.91 Å². The van der Waals surface area contributed by atoms with E-state index >= 15 is 0 Å². The number of carbonyl (C=O) groups excluding carboxylic acids is 1. The summed E-state index contributed by atoms with van der Waals surface area (Å²) >= 11 is 0. The standard InChI is InChI=1S/C16H27NO2/c1-10(2)14(18)9-17-15(19)16-6-11-3-12(7-16)5-13(4-11)8-16/h10-14,18H,3-9H2,1-2H3,(H,17,19). The van der Waals surface area contributed by atoms with Crippen LogP contribution in [0.5, 0.6) is 0 Å². The van der Waals surface area contributed by atoms with E-state index in [9.17, 15) is 9.90 Å². The van der Waals surface area contributed by atoms with E-state index in [2.05, 4.69) is 5.32 Å². The minimum atomic E-state index is -0.419. The van der Waals surface area contributed by atoms with E-state index in [-0.39, 0.29) is 17.2 Å². The molecule has 0 aromatic heterocycles. The van der Waals surface area contributed by atoms with Crippen molar-refractivity contribution in [2.24, 2.45) is 29.1 Å². The fourth-order valence-corrected chi connectivity index (χ4v) is 5.01. The summed E-state index contributed by atoms with van der Waals surface area (Å²) < 4.78 is 0. The number of rotatable bonds is 4. The molecule has 0 heterocycles. The molecule has 2 N–H and O–H groups in total. The van der Waals surface area contributed by atoms with E-state index in [0.717, 1.165) is 37.0 Å². The SMILES string of the molecule is CC(C)C(O)CNC(=O)C12CC3CC(CC(C3)C1)C2. The van der Waals surface area contributed by atoms with E-state index in [0.29, 0.717) is 6.54 Å². The van der Waals surface area contributed by atoms with Gasteiger partial charge in [0.1, 0.15) is 0 Å². The second-order valence-electron chi connectivity index (χ2n) is 7.72. The molecule has 4 aliphatic rings. The van der Waals surface area contributed by atoms with Crippen LogP contribution in [0, 0.1) is 29.1 Å². The van der Waals surface area contributed by atoms with Crippen LogP contribution in [0.4, 0.5) is 0 Å². The molecule has 1 unspecified atom stereocenters. The predicted molar refractivity (Wildman–Crippen MR) is 74.5 cm³/mol. The number of nitrogens with one attached hydrogen (secondary N) is 1. The van der Waals surface area contributed by atoms with E-state index in [1.807, 2.05) is 13.8 Å². The van der Waals surface area contributed by atoms with Crippen molar-refractivity contribution in [2.75, 3.05) is 6.54 Å². The van der Waals surface area contributed by atoms with E-state index < -0.39 is 6.10 Å². The van der Waals surface area contributed by atoms with Gasteiger partial charge in [0, 0.05) is 12.0 Å². The van der Waals surface area contributed by atoms with Gasteiger partial charge >= 0.3 is 0 Å². The van der Waals surface area contributed by atoms with Crippen LogP contribution in [0.15, 0.2) is 0 Å². The Hall–Kier alpha value is -0.570. The van der Waals surface area contributed by atoms with Crippen LogP contribution in [-0.2, 0) is 4.79 Å². The molecular formula is C16H27NO2. The first kappa shape index (κ1) is 13.4. The largest absolute Gasteiger partial charge is 0.391 e. The molecule has 0 radical (unpaired) electrons. The third kappa shape index (κ3) is 2.42. The van der Waals surface area contributed by atoms with Crippen LogP contribution in [0.25, 0.3) is 0 Å². The van der Waals surface area contributed by atoms with Crippen molar-refractivity contribution in [3.63, 3.8) is 0 Å². The number of aliphatic hydroxyl groups excluding tert-OH is 1. The maximum absolute atomic E-state index is 12.6. The quantitative estimate of drug-likeness (QED) is 0.819. The molecule has 3 nitrogen and oxygen atoms in total. The van der Waals surface area contributed by atoms with Crippen molar-refractivity contribution in [3.8, 4) is 0 Å². The molecule has 1 atom stereocenters. The van der Waals surface area contributed by atoms with Gasteiger partial charge in [0.25, 0.3) is 0 Å². The number of aliphatic hydroxyl groups is 1. The summed E-state index contributed by atoms with van der Waals surface area (Å²) in [5.74, 6) is 2.83. The smallest absolute Gasteiger partial charge is 0.226 e. The molecule has 0 aromatic rings. The average Bonchev–Trinajstić information content (AvgIpc) is 2.33. The zero-order valence-corrected chi connectivity index (χ0v) is 12.2. The third-order valence-electron chi connectivity index (χ3n) is 5.76. The molecule has 0 aromatic carbocycles. The zero-order chi connectivity index (χ0) is 13.6. The highest BCUT2D eigenvalue weighted by molar-refractivity contribution is 5.83. The lowest BCUT2D eigenvalue weighted by atomic mass is 9.49. The van der Waals surface area contributed by atoms with Gasteiger partial charge in [-0.1, -0.05) is 13.8 Å². The molecule has 4 saturated carbocycles. The average molecular weight is 265 g/mol. The lowest BCUT2D eigenvalue weighted by molar-refractivity contribution is -0.146. The van der Waals surface area contributed by atoms with E-state index in [1.54, 1.807) is 0 Å². The Morgan fingerprint density at radius 3 is 2.05 bits per heavy atom. The Morgan fingerprint density at radius 1 is 1.16 bits per heavy atom. The Kier molecular flexibility index (Phi) is 3.36. The predicted octanol–water partition coefficient (Wildman–Crippen LogP) is 2.34. The zero-order valence-electron chi connectivity index (χ0n) is 12.2. The van der Waals surface area contributed by atoms with Crippen molar-refractivity contribution >= 4 is 5.91 Å². The number of hydrogen-bond donors (Lipinski definition) is 2. The van der Waals surface area contributed by atoms with Gasteiger partial charge < -0.3 is 10.4 Å². The summed E-state index contributed by atoms with van der Waals surface area (Å²) in [4.78, 5) is 12.6. The minimum absolute atomic E-state index is 0.0779. The van der Waals surface area contributed by atoms with Crippen LogP contribution in [0.2, 0.25) is 0 Å². The molecule has 108 valence electrons. The van der Waals surface area contributed by atoms with Gasteiger partial charge in [-0.2, -0.15) is 0 Å². The summed E-state index contributed by atoms with van der Waals surface area (Å²) in [5.41, 5.74) is -0.0779. The Bertz CT molecular complexity index is 328. The Morgan fingerprint density at radius 2 is 1.63 bits per heavy atom. The topological polar surface area (TPSA) is 49.3 Å². The van der Waals surface area contributed by atoms with E-state index in [4.69, 9.17) is 0 Å². The van der Waals surface area contributed by atoms with Crippen molar-refractivity contribution in [3.05, 3.63) is 0 Å². The van der Waals surface area contributed by atoms with Crippen LogP contribution in [0.1, 0.15) is 52.4 Å². The third-order valence-corrected chi connectivity index (χ3v) is 5.76. The number of hydrogen-bond acceptors (Lipinski definition) is 2. The van der Waals surface area contributed by atoms with Gasteiger partial charge in [-0.15, -0.1) is 0 Å². The number of carbonyl (C=O) groups is 1. The van der Waals surface area contributed by atoms with E-state index in [1.165, 1.54) is 19.3 Å². The van der Waals surface area contributed by atoms with Gasteiger partial charge in [0.15, 0.2) is 0 Å². The van der Waals surface area contributed by atoms with Crippen LogP contribution in [-0.4, -0.2) is 23.7 Å². The highest BCUT2D eigenvalue weighted by Gasteiger charge is 2.54. The molecule has 0 aliphatic heterocycles. The monoisotopic (exact) mass is 265 g/mol. The highest BCUT2D eigenvalue weighted by atomic mass is 16.3. The van der Waals surface area contributed by atoms with Crippen molar-refractivity contribution in [1.82, 2.24) is 5.32 Å². The summed E-state index contributed by atoms with van der Waals surface area (Å²) in [6.45, 7) is 4.39. The fourth-order valence-electron chi connectivity index (χ4n) is 5.01. The Balaban J connectivity index is 1.63. The molecule has 1 amide bonds. The molecule has 4 fully saturated rings. The lowest BCUT2D eigenvalue weighted by Gasteiger charge is -2.55. The van der Waals surface area contributed by atoms with Gasteiger partial charge in [-0.3, -0.25) is 4.79 Å². The summed E-state index contributed by atoms with van der Waals surface area (Å²) in [6.07, 6.45) is 6.97. The molecule has 4 aliphatic carbocycles. The highest BCUT2D eigenvalue weighted by Crippen LogP contribution is 2.60.